The van der Waals surface area contributed by atoms with E-state index in [0.717, 1.165) is 36.1 Å². The third-order valence-corrected chi connectivity index (χ3v) is 7.08. The molecule has 0 radical (unpaired) electrons. The SMILES string of the molecule is COc1ccccc1CN(C(=O)Cc1cccs1)[C@@H](C(=O)NC1CCCC1)c1ccc(F)cc1. The highest BCUT2D eigenvalue weighted by molar-refractivity contribution is 7.10. The van der Waals surface area contributed by atoms with Crippen molar-refractivity contribution in [3.05, 3.63) is 87.9 Å². The molecule has 1 aliphatic carbocycles. The van der Waals surface area contributed by atoms with Gasteiger partial charge in [0.05, 0.1) is 20.1 Å². The van der Waals surface area contributed by atoms with Crippen molar-refractivity contribution < 1.29 is 18.7 Å². The third-order valence-electron chi connectivity index (χ3n) is 6.21. The fourth-order valence-electron chi connectivity index (χ4n) is 4.47. The number of rotatable bonds is 9. The summed E-state index contributed by atoms with van der Waals surface area (Å²) in [6, 6.07) is 16.3. The molecule has 1 heterocycles. The maximum Gasteiger partial charge on any atom is 0.247 e. The first kappa shape index (κ1) is 24.0. The lowest BCUT2D eigenvalue weighted by atomic mass is 10.0. The van der Waals surface area contributed by atoms with E-state index in [4.69, 9.17) is 4.74 Å². The van der Waals surface area contributed by atoms with E-state index in [9.17, 15) is 14.0 Å². The summed E-state index contributed by atoms with van der Waals surface area (Å²) in [7, 11) is 1.58. The van der Waals surface area contributed by atoms with E-state index in [1.807, 2.05) is 41.8 Å². The molecule has 1 aliphatic rings. The van der Waals surface area contributed by atoms with E-state index in [0.29, 0.717) is 11.3 Å². The number of hydrogen-bond donors (Lipinski definition) is 1. The maximum absolute atomic E-state index is 13.7. The second-order valence-corrected chi connectivity index (χ2v) is 9.57. The highest BCUT2D eigenvalue weighted by Crippen LogP contribution is 2.29. The summed E-state index contributed by atoms with van der Waals surface area (Å²) in [5, 5.41) is 5.07. The topological polar surface area (TPSA) is 58.6 Å². The summed E-state index contributed by atoms with van der Waals surface area (Å²) in [5.41, 5.74) is 1.37. The number of halogens is 1. The van der Waals surface area contributed by atoms with Crippen LogP contribution in [0.3, 0.4) is 0 Å². The molecular weight excluding hydrogens is 451 g/mol. The van der Waals surface area contributed by atoms with Crippen LogP contribution in [0.4, 0.5) is 4.39 Å². The Balaban J connectivity index is 1.72. The van der Waals surface area contributed by atoms with Crippen LogP contribution in [0, 0.1) is 5.82 Å². The molecule has 3 aromatic rings. The number of para-hydroxylation sites is 1. The number of hydrogen-bond acceptors (Lipinski definition) is 4. The van der Waals surface area contributed by atoms with Gasteiger partial charge in [-0.15, -0.1) is 11.3 Å². The largest absolute Gasteiger partial charge is 0.496 e. The van der Waals surface area contributed by atoms with Crippen molar-refractivity contribution in [1.29, 1.82) is 0 Å². The molecule has 1 aromatic heterocycles. The highest BCUT2D eigenvalue weighted by atomic mass is 32.1. The third kappa shape index (κ3) is 5.83. The van der Waals surface area contributed by atoms with Crippen LogP contribution in [0.15, 0.2) is 66.0 Å². The molecule has 1 N–H and O–H groups in total. The van der Waals surface area contributed by atoms with Crippen LogP contribution >= 0.6 is 11.3 Å². The number of benzene rings is 2. The molecule has 0 spiro atoms. The minimum absolute atomic E-state index is 0.0935. The zero-order valence-corrected chi connectivity index (χ0v) is 20.0. The molecular formula is C27H29FN2O3S. The van der Waals surface area contributed by atoms with Crippen molar-refractivity contribution >= 4 is 23.2 Å². The van der Waals surface area contributed by atoms with Crippen molar-refractivity contribution in [3.8, 4) is 5.75 Å². The van der Waals surface area contributed by atoms with Gasteiger partial charge in [0, 0.05) is 16.5 Å². The first-order valence-corrected chi connectivity index (χ1v) is 12.4. The average molecular weight is 481 g/mol. The van der Waals surface area contributed by atoms with Crippen LogP contribution in [0.25, 0.3) is 0 Å². The van der Waals surface area contributed by atoms with Crippen molar-refractivity contribution in [2.24, 2.45) is 0 Å². The molecule has 1 fully saturated rings. The highest BCUT2D eigenvalue weighted by Gasteiger charge is 2.33. The smallest absolute Gasteiger partial charge is 0.247 e. The number of methoxy groups -OCH3 is 1. The number of nitrogens with one attached hydrogen (secondary N) is 1. The Kier molecular flexibility index (Phi) is 7.95. The average Bonchev–Trinajstić information content (AvgIpc) is 3.54. The second kappa shape index (κ2) is 11.3. The van der Waals surface area contributed by atoms with E-state index in [1.165, 1.54) is 23.5 Å². The maximum atomic E-state index is 13.7. The Bertz CT molecular complexity index is 1100. The summed E-state index contributed by atoms with van der Waals surface area (Å²) >= 11 is 1.50. The predicted octanol–water partition coefficient (Wildman–Crippen LogP) is 5.27. The number of carbonyl (C=O) groups is 2. The minimum atomic E-state index is -0.890. The van der Waals surface area contributed by atoms with Gasteiger partial charge in [-0.2, -0.15) is 0 Å². The number of ether oxygens (including phenoxy) is 1. The fourth-order valence-corrected chi connectivity index (χ4v) is 5.17. The molecule has 2 amide bonds. The molecule has 7 heteroatoms. The molecule has 34 heavy (non-hydrogen) atoms. The summed E-state index contributed by atoms with van der Waals surface area (Å²) in [4.78, 5) is 29.8. The lowest BCUT2D eigenvalue weighted by Gasteiger charge is -2.33. The quantitative estimate of drug-likeness (QED) is 0.454. The van der Waals surface area contributed by atoms with Gasteiger partial charge in [-0.05, 0) is 48.1 Å². The van der Waals surface area contributed by atoms with Gasteiger partial charge >= 0.3 is 0 Å². The Morgan fingerprint density at radius 3 is 2.50 bits per heavy atom. The van der Waals surface area contributed by atoms with Crippen LogP contribution in [-0.4, -0.2) is 29.9 Å². The van der Waals surface area contributed by atoms with Crippen molar-refractivity contribution in [2.75, 3.05) is 7.11 Å². The van der Waals surface area contributed by atoms with E-state index in [2.05, 4.69) is 5.32 Å². The van der Waals surface area contributed by atoms with Gasteiger partial charge < -0.3 is 15.0 Å². The van der Waals surface area contributed by atoms with E-state index < -0.39 is 6.04 Å². The van der Waals surface area contributed by atoms with Gasteiger partial charge in [0.2, 0.25) is 11.8 Å². The zero-order valence-electron chi connectivity index (χ0n) is 19.2. The van der Waals surface area contributed by atoms with Gasteiger partial charge in [0.25, 0.3) is 0 Å². The Labute approximate surface area is 203 Å². The number of carbonyl (C=O) groups excluding carboxylic acids is 2. The van der Waals surface area contributed by atoms with Crippen LogP contribution in [-0.2, 0) is 22.6 Å². The molecule has 5 nitrogen and oxygen atoms in total. The molecule has 4 rings (SSSR count). The standard InChI is InChI=1S/C27H29FN2O3S/c1-33-24-11-5-2-7-20(24)18-30(25(31)17-23-10-6-16-34-23)26(19-12-14-21(28)15-13-19)27(32)29-22-8-3-4-9-22/h2,5-7,10-16,22,26H,3-4,8-9,17-18H2,1H3,(H,29,32)/t26-/m1/s1. The number of amides is 2. The van der Waals surface area contributed by atoms with Crippen LogP contribution in [0.2, 0.25) is 0 Å². The molecule has 1 saturated carbocycles. The molecule has 2 aromatic carbocycles. The van der Waals surface area contributed by atoms with E-state index >= 15 is 0 Å². The lowest BCUT2D eigenvalue weighted by Crippen LogP contribution is -2.46. The monoisotopic (exact) mass is 480 g/mol. The van der Waals surface area contributed by atoms with Gasteiger partial charge in [-0.1, -0.05) is 49.2 Å². The van der Waals surface area contributed by atoms with Crippen LogP contribution < -0.4 is 10.1 Å². The Morgan fingerprint density at radius 1 is 1.09 bits per heavy atom. The van der Waals surface area contributed by atoms with Crippen molar-refractivity contribution in [1.82, 2.24) is 10.2 Å². The van der Waals surface area contributed by atoms with E-state index in [1.54, 1.807) is 24.1 Å². The van der Waals surface area contributed by atoms with Gasteiger partial charge in [0.1, 0.15) is 17.6 Å². The minimum Gasteiger partial charge on any atom is -0.496 e. The lowest BCUT2D eigenvalue weighted by molar-refractivity contribution is -0.141. The van der Waals surface area contributed by atoms with Crippen molar-refractivity contribution in [3.63, 3.8) is 0 Å². The Hall–Kier alpha value is -3.19. The molecule has 0 unspecified atom stereocenters. The number of nitrogens with zero attached hydrogens (tertiary/aromatic N) is 1. The molecule has 0 saturated heterocycles. The predicted molar refractivity (Wildman–Crippen MR) is 131 cm³/mol. The van der Waals surface area contributed by atoms with Crippen LogP contribution in [0.1, 0.15) is 47.7 Å². The Morgan fingerprint density at radius 2 is 1.82 bits per heavy atom. The van der Waals surface area contributed by atoms with Crippen LogP contribution in [0.5, 0.6) is 5.75 Å². The zero-order chi connectivity index (χ0) is 23.9. The van der Waals surface area contributed by atoms with Gasteiger partial charge in [0.15, 0.2) is 0 Å². The summed E-state index contributed by atoms with van der Waals surface area (Å²) in [6.45, 7) is 0.189. The number of thiophene rings is 1. The van der Waals surface area contributed by atoms with Crippen molar-refractivity contribution in [2.45, 2.75) is 50.7 Å². The summed E-state index contributed by atoms with van der Waals surface area (Å²) in [6.07, 6.45) is 4.19. The normalized spacial score (nSPS) is 14.5. The van der Waals surface area contributed by atoms with Gasteiger partial charge in [-0.3, -0.25) is 9.59 Å². The molecule has 0 aliphatic heterocycles. The molecule has 178 valence electrons. The summed E-state index contributed by atoms with van der Waals surface area (Å²) in [5.74, 6) is -0.164. The fraction of sp³-hybridized carbons (Fsp3) is 0.333. The first-order chi connectivity index (χ1) is 16.5. The second-order valence-electron chi connectivity index (χ2n) is 8.53. The summed E-state index contributed by atoms with van der Waals surface area (Å²) < 4.78 is 19.3. The molecule has 1 atom stereocenters. The molecule has 0 bridgehead atoms. The van der Waals surface area contributed by atoms with E-state index in [-0.39, 0.29) is 36.6 Å². The first-order valence-electron chi connectivity index (χ1n) is 11.5. The van der Waals surface area contributed by atoms with Gasteiger partial charge in [-0.25, -0.2) is 4.39 Å².